The Morgan fingerprint density at radius 3 is 2.71 bits per heavy atom. The number of nitrogens with zero attached hydrogens (tertiary/aromatic N) is 3. The van der Waals surface area contributed by atoms with Crippen LogP contribution in [0.5, 0.6) is 0 Å². The van der Waals surface area contributed by atoms with Crippen molar-refractivity contribution in [2.75, 3.05) is 0 Å². The molecule has 0 aliphatic heterocycles. The molecule has 0 bridgehead atoms. The maximum atomic E-state index is 11.4. The van der Waals surface area contributed by atoms with Crippen LogP contribution in [0.4, 0.5) is 0 Å². The number of hydrogen-bond acceptors (Lipinski definition) is 3. The summed E-state index contributed by atoms with van der Waals surface area (Å²) >= 11 is 0. The van der Waals surface area contributed by atoms with E-state index in [9.17, 15) is 9.90 Å². The van der Waals surface area contributed by atoms with E-state index in [0.29, 0.717) is 16.9 Å². The molecule has 0 atom stereocenters. The standard InChI is InChI=1S/C16H17N3O2/c1-3-12(4-2)15-14(16(20)21)10-18-19(15)13-7-5-6-11(8-13)9-17/h5-8,10,12H,3-4H2,1-2H3,(H,20,21). The van der Waals surface area contributed by atoms with Crippen molar-refractivity contribution in [2.24, 2.45) is 0 Å². The molecule has 5 nitrogen and oxygen atoms in total. The average molecular weight is 283 g/mol. The molecule has 0 radical (unpaired) electrons. The zero-order chi connectivity index (χ0) is 15.4. The molecule has 21 heavy (non-hydrogen) atoms. The first-order valence-electron chi connectivity index (χ1n) is 6.94. The van der Waals surface area contributed by atoms with Gasteiger partial charge in [0.1, 0.15) is 5.56 Å². The zero-order valence-corrected chi connectivity index (χ0v) is 12.1. The Hall–Kier alpha value is -2.61. The van der Waals surface area contributed by atoms with Gasteiger partial charge in [-0.2, -0.15) is 10.4 Å². The Kier molecular flexibility index (Phi) is 4.39. The van der Waals surface area contributed by atoms with Crippen molar-refractivity contribution in [3.05, 3.63) is 47.3 Å². The SMILES string of the molecule is CCC(CC)c1c(C(=O)O)cnn1-c1cccc(C#N)c1. The monoisotopic (exact) mass is 283 g/mol. The van der Waals surface area contributed by atoms with Gasteiger partial charge in [0.05, 0.1) is 29.2 Å². The minimum atomic E-state index is -0.973. The lowest BCUT2D eigenvalue weighted by molar-refractivity contribution is 0.0695. The molecule has 108 valence electrons. The lowest BCUT2D eigenvalue weighted by atomic mass is 9.96. The van der Waals surface area contributed by atoms with Crippen molar-refractivity contribution in [1.82, 2.24) is 9.78 Å². The molecule has 1 N–H and O–H groups in total. The summed E-state index contributed by atoms with van der Waals surface area (Å²) in [4.78, 5) is 11.4. The molecule has 0 unspecified atom stereocenters. The van der Waals surface area contributed by atoms with Gasteiger partial charge in [-0.15, -0.1) is 0 Å². The highest BCUT2D eigenvalue weighted by molar-refractivity contribution is 5.89. The van der Waals surface area contributed by atoms with Crippen LogP contribution in [0.15, 0.2) is 30.5 Å². The fraction of sp³-hybridized carbons (Fsp3) is 0.312. The van der Waals surface area contributed by atoms with Crippen LogP contribution in [0.1, 0.15) is 54.2 Å². The topological polar surface area (TPSA) is 78.9 Å². The van der Waals surface area contributed by atoms with E-state index in [1.807, 2.05) is 19.9 Å². The van der Waals surface area contributed by atoms with E-state index in [1.165, 1.54) is 6.20 Å². The molecule has 1 heterocycles. The Labute approximate surface area is 123 Å². The Morgan fingerprint density at radius 2 is 2.14 bits per heavy atom. The predicted octanol–water partition coefficient (Wildman–Crippen LogP) is 3.35. The summed E-state index contributed by atoms with van der Waals surface area (Å²) in [7, 11) is 0. The number of hydrogen-bond donors (Lipinski definition) is 1. The first-order chi connectivity index (χ1) is 10.1. The summed E-state index contributed by atoms with van der Waals surface area (Å²) in [5.74, 6) is -0.857. The fourth-order valence-electron chi connectivity index (χ4n) is 2.50. The van der Waals surface area contributed by atoms with Gasteiger partial charge in [-0.05, 0) is 31.0 Å². The molecule has 5 heteroatoms. The van der Waals surface area contributed by atoms with Crippen LogP contribution in [0.2, 0.25) is 0 Å². The van der Waals surface area contributed by atoms with Gasteiger partial charge in [0.25, 0.3) is 0 Å². The Morgan fingerprint density at radius 1 is 1.43 bits per heavy atom. The summed E-state index contributed by atoms with van der Waals surface area (Å²) < 4.78 is 1.64. The first kappa shape index (κ1) is 14.8. The molecule has 1 aromatic carbocycles. The third-order valence-electron chi connectivity index (χ3n) is 3.63. The predicted molar refractivity (Wildman–Crippen MR) is 78.6 cm³/mol. The van der Waals surface area contributed by atoms with Crippen LogP contribution < -0.4 is 0 Å². The van der Waals surface area contributed by atoms with E-state index in [0.717, 1.165) is 12.8 Å². The highest BCUT2D eigenvalue weighted by Gasteiger charge is 2.23. The summed E-state index contributed by atoms with van der Waals surface area (Å²) in [5, 5.41) is 22.6. The first-order valence-corrected chi connectivity index (χ1v) is 6.94. The maximum absolute atomic E-state index is 11.4. The average Bonchev–Trinajstić information content (AvgIpc) is 2.94. The second-order valence-electron chi connectivity index (χ2n) is 4.84. The fourth-order valence-corrected chi connectivity index (χ4v) is 2.50. The van der Waals surface area contributed by atoms with Gasteiger partial charge in [0.2, 0.25) is 0 Å². The van der Waals surface area contributed by atoms with E-state index in [-0.39, 0.29) is 11.5 Å². The molecule has 0 saturated heterocycles. The summed E-state index contributed by atoms with van der Waals surface area (Å²) in [5.41, 5.74) is 2.16. The Bertz CT molecular complexity index is 694. The minimum absolute atomic E-state index is 0.115. The van der Waals surface area contributed by atoms with Gasteiger partial charge in [0, 0.05) is 5.92 Å². The third-order valence-corrected chi connectivity index (χ3v) is 3.63. The van der Waals surface area contributed by atoms with Crippen molar-refractivity contribution in [2.45, 2.75) is 32.6 Å². The van der Waals surface area contributed by atoms with E-state index in [4.69, 9.17) is 5.26 Å². The number of nitriles is 1. The second kappa shape index (κ2) is 6.23. The van der Waals surface area contributed by atoms with Crippen molar-refractivity contribution < 1.29 is 9.90 Å². The molecular formula is C16H17N3O2. The van der Waals surface area contributed by atoms with E-state index < -0.39 is 5.97 Å². The van der Waals surface area contributed by atoms with Crippen LogP contribution in [-0.4, -0.2) is 20.9 Å². The number of aromatic carboxylic acids is 1. The van der Waals surface area contributed by atoms with Crippen molar-refractivity contribution in [3.8, 4) is 11.8 Å². The number of benzene rings is 1. The van der Waals surface area contributed by atoms with E-state index in [1.54, 1.807) is 22.9 Å². The van der Waals surface area contributed by atoms with E-state index >= 15 is 0 Å². The highest BCUT2D eigenvalue weighted by Crippen LogP contribution is 2.28. The summed E-state index contributed by atoms with van der Waals surface area (Å²) in [6.07, 6.45) is 3.05. The van der Waals surface area contributed by atoms with Crippen LogP contribution in [-0.2, 0) is 0 Å². The molecule has 0 aliphatic rings. The largest absolute Gasteiger partial charge is 0.478 e. The molecule has 0 saturated carbocycles. The molecular weight excluding hydrogens is 266 g/mol. The lowest BCUT2D eigenvalue weighted by Crippen LogP contribution is -2.11. The quantitative estimate of drug-likeness (QED) is 0.912. The van der Waals surface area contributed by atoms with Gasteiger partial charge >= 0.3 is 5.97 Å². The normalized spacial score (nSPS) is 10.6. The van der Waals surface area contributed by atoms with Gasteiger partial charge in [-0.25, -0.2) is 9.48 Å². The van der Waals surface area contributed by atoms with Gasteiger partial charge < -0.3 is 5.11 Å². The molecule has 0 spiro atoms. The van der Waals surface area contributed by atoms with Gasteiger partial charge in [-0.1, -0.05) is 19.9 Å². The van der Waals surface area contributed by atoms with Gasteiger partial charge in [-0.3, -0.25) is 0 Å². The molecule has 2 aromatic rings. The molecule has 0 amide bonds. The van der Waals surface area contributed by atoms with Crippen LogP contribution in [0.25, 0.3) is 5.69 Å². The van der Waals surface area contributed by atoms with Crippen molar-refractivity contribution in [1.29, 1.82) is 5.26 Å². The number of rotatable bonds is 5. The molecule has 1 aromatic heterocycles. The smallest absolute Gasteiger partial charge is 0.339 e. The van der Waals surface area contributed by atoms with Crippen LogP contribution in [0.3, 0.4) is 0 Å². The van der Waals surface area contributed by atoms with Crippen molar-refractivity contribution in [3.63, 3.8) is 0 Å². The number of carboxylic acid groups (broad SMARTS) is 1. The minimum Gasteiger partial charge on any atom is -0.478 e. The molecule has 2 rings (SSSR count). The Balaban J connectivity index is 2.63. The van der Waals surface area contributed by atoms with Crippen LogP contribution in [0, 0.1) is 11.3 Å². The van der Waals surface area contributed by atoms with Crippen molar-refractivity contribution >= 4 is 5.97 Å². The second-order valence-corrected chi connectivity index (χ2v) is 4.84. The summed E-state index contributed by atoms with van der Waals surface area (Å²) in [6.45, 7) is 4.06. The number of aromatic nitrogens is 2. The van der Waals surface area contributed by atoms with Gasteiger partial charge in [0.15, 0.2) is 0 Å². The summed E-state index contributed by atoms with van der Waals surface area (Å²) in [6, 6.07) is 9.10. The third kappa shape index (κ3) is 2.79. The zero-order valence-electron chi connectivity index (χ0n) is 12.1. The van der Waals surface area contributed by atoms with Crippen LogP contribution >= 0.6 is 0 Å². The maximum Gasteiger partial charge on any atom is 0.339 e. The highest BCUT2D eigenvalue weighted by atomic mass is 16.4. The lowest BCUT2D eigenvalue weighted by Gasteiger charge is -2.16. The number of carboxylic acids is 1. The molecule has 0 aliphatic carbocycles. The molecule has 0 fully saturated rings. The van der Waals surface area contributed by atoms with E-state index in [2.05, 4.69) is 11.2 Å². The number of carbonyl (C=O) groups is 1.